The topological polar surface area (TPSA) is 64.8 Å². The van der Waals surface area contributed by atoms with Gasteiger partial charge in [0.05, 0.1) is 23.5 Å². The number of hydrogen-bond donors (Lipinski definition) is 1. The van der Waals surface area contributed by atoms with Gasteiger partial charge in [0.2, 0.25) is 5.91 Å². The second-order valence-corrected chi connectivity index (χ2v) is 8.62. The van der Waals surface area contributed by atoms with Crippen LogP contribution in [0.3, 0.4) is 0 Å². The molecule has 1 aromatic heterocycles. The van der Waals surface area contributed by atoms with Crippen molar-refractivity contribution in [1.82, 2.24) is 19.6 Å². The molecule has 3 fully saturated rings. The molecule has 1 N–H and O–H groups in total. The Morgan fingerprint density at radius 3 is 2.52 bits per heavy atom. The molecule has 0 radical (unpaired) electrons. The molecule has 0 bridgehead atoms. The summed E-state index contributed by atoms with van der Waals surface area (Å²) in [4.78, 5) is 19.7. The van der Waals surface area contributed by atoms with Crippen molar-refractivity contribution < 1.29 is 9.90 Å². The number of β-amino-alcohol motifs (C(OH)–C–C–N with tert-alkyl or cyclic N) is 1. The average molecular weight is 376 g/mol. The van der Waals surface area contributed by atoms with Gasteiger partial charge in [-0.3, -0.25) is 19.3 Å². The number of nitrogens with zero attached hydrogens (tertiary/aromatic N) is 5. The fourth-order valence-corrected chi connectivity index (χ4v) is 5.02. The second-order valence-electron chi connectivity index (χ2n) is 8.62. The lowest BCUT2D eigenvalue weighted by molar-refractivity contribution is -0.126. The Bertz CT molecular complexity index is 647. The third kappa shape index (κ3) is 4.20. The largest absolute Gasteiger partial charge is 0.389 e. The van der Waals surface area contributed by atoms with E-state index in [0.717, 1.165) is 83.5 Å². The minimum atomic E-state index is -0.488. The molecule has 2 aliphatic heterocycles. The standard InChI is InChI=1S/C20H33N5O2/c1-22-15-17(14-21-22)25-9-5-6-18(19(25)26)24-12-10-23(11-13-24)16-20(27)7-3-2-4-8-20/h14-15,18,27H,2-13,16H2,1H3/t18-/m0/s1. The number of rotatable bonds is 4. The first-order valence-corrected chi connectivity index (χ1v) is 10.5. The van der Waals surface area contributed by atoms with E-state index in [4.69, 9.17) is 0 Å². The van der Waals surface area contributed by atoms with Crippen LogP contribution in [0.15, 0.2) is 12.4 Å². The summed E-state index contributed by atoms with van der Waals surface area (Å²) >= 11 is 0. The maximum atomic E-state index is 13.1. The predicted octanol–water partition coefficient (Wildman–Crippen LogP) is 1.23. The van der Waals surface area contributed by atoms with E-state index in [1.54, 1.807) is 10.9 Å². The zero-order valence-electron chi connectivity index (χ0n) is 16.5. The van der Waals surface area contributed by atoms with Crippen molar-refractivity contribution in [1.29, 1.82) is 0 Å². The quantitative estimate of drug-likeness (QED) is 0.858. The summed E-state index contributed by atoms with van der Waals surface area (Å²) in [7, 11) is 1.88. The van der Waals surface area contributed by atoms with Crippen LogP contribution in [0.1, 0.15) is 44.9 Å². The molecule has 4 rings (SSSR count). The number of piperidine rings is 1. The first-order valence-electron chi connectivity index (χ1n) is 10.5. The van der Waals surface area contributed by atoms with Crippen molar-refractivity contribution in [2.24, 2.45) is 7.05 Å². The number of hydrogen-bond acceptors (Lipinski definition) is 5. The highest BCUT2D eigenvalue weighted by Crippen LogP contribution is 2.30. The van der Waals surface area contributed by atoms with Crippen LogP contribution in [0.5, 0.6) is 0 Å². The van der Waals surface area contributed by atoms with Crippen molar-refractivity contribution in [3.8, 4) is 0 Å². The van der Waals surface area contributed by atoms with E-state index in [1.807, 2.05) is 18.1 Å². The van der Waals surface area contributed by atoms with Crippen molar-refractivity contribution in [3.63, 3.8) is 0 Å². The van der Waals surface area contributed by atoms with Crippen molar-refractivity contribution in [2.75, 3.05) is 44.2 Å². The SMILES string of the molecule is Cn1cc(N2CCC[C@H](N3CCN(CC4(O)CCCCC4)CC3)C2=O)cn1. The second kappa shape index (κ2) is 7.89. The Balaban J connectivity index is 1.33. The molecule has 0 aromatic carbocycles. The minimum Gasteiger partial charge on any atom is -0.389 e. The summed E-state index contributed by atoms with van der Waals surface area (Å²) in [6.07, 6.45) is 11.1. The van der Waals surface area contributed by atoms with E-state index in [9.17, 15) is 9.90 Å². The number of carbonyl (C=O) groups excluding carboxylic acids is 1. The Kier molecular flexibility index (Phi) is 5.53. The third-order valence-electron chi connectivity index (χ3n) is 6.56. The lowest BCUT2D eigenvalue weighted by Crippen LogP contribution is -2.59. The van der Waals surface area contributed by atoms with E-state index in [-0.39, 0.29) is 11.9 Å². The zero-order valence-corrected chi connectivity index (χ0v) is 16.5. The molecule has 3 heterocycles. The number of aliphatic hydroxyl groups is 1. The first-order chi connectivity index (χ1) is 13.0. The van der Waals surface area contributed by atoms with Crippen LogP contribution in [0.4, 0.5) is 5.69 Å². The van der Waals surface area contributed by atoms with Gasteiger partial charge in [0.1, 0.15) is 0 Å². The fraction of sp³-hybridized carbons (Fsp3) is 0.800. The summed E-state index contributed by atoms with van der Waals surface area (Å²) in [5.41, 5.74) is 0.420. The number of anilines is 1. The molecule has 150 valence electrons. The van der Waals surface area contributed by atoms with Gasteiger partial charge in [-0.2, -0.15) is 5.10 Å². The normalized spacial score (nSPS) is 27.9. The highest BCUT2D eigenvalue weighted by Gasteiger charge is 2.37. The van der Waals surface area contributed by atoms with Crippen molar-refractivity contribution in [2.45, 2.75) is 56.6 Å². The average Bonchev–Trinajstić information content (AvgIpc) is 3.09. The van der Waals surface area contributed by atoms with E-state index >= 15 is 0 Å². The fourth-order valence-electron chi connectivity index (χ4n) is 5.02. The van der Waals surface area contributed by atoms with E-state index in [0.29, 0.717) is 0 Å². The molecule has 0 spiro atoms. The zero-order chi connectivity index (χ0) is 18.9. The molecule has 1 amide bonds. The van der Waals surface area contributed by atoms with Crippen LogP contribution < -0.4 is 4.90 Å². The summed E-state index contributed by atoms with van der Waals surface area (Å²) in [5.74, 6) is 0.216. The van der Waals surface area contributed by atoms with Crippen molar-refractivity contribution in [3.05, 3.63) is 12.4 Å². The highest BCUT2D eigenvalue weighted by atomic mass is 16.3. The van der Waals surface area contributed by atoms with Crippen LogP contribution in [0.25, 0.3) is 0 Å². The maximum Gasteiger partial charge on any atom is 0.244 e. The Labute approximate surface area is 161 Å². The predicted molar refractivity (Wildman–Crippen MR) is 105 cm³/mol. The number of piperazine rings is 1. The molecule has 0 unspecified atom stereocenters. The Morgan fingerprint density at radius 1 is 1.11 bits per heavy atom. The first kappa shape index (κ1) is 18.9. The van der Waals surface area contributed by atoms with Crippen LogP contribution in [-0.2, 0) is 11.8 Å². The molecular weight excluding hydrogens is 342 g/mol. The van der Waals surface area contributed by atoms with Gasteiger partial charge < -0.3 is 10.0 Å². The van der Waals surface area contributed by atoms with Gasteiger partial charge in [-0.1, -0.05) is 19.3 Å². The number of amides is 1. The van der Waals surface area contributed by atoms with Gasteiger partial charge in [-0.25, -0.2) is 0 Å². The van der Waals surface area contributed by atoms with Crippen LogP contribution in [0.2, 0.25) is 0 Å². The highest BCUT2D eigenvalue weighted by molar-refractivity contribution is 5.97. The molecule has 7 heteroatoms. The van der Waals surface area contributed by atoms with Crippen molar-refractivity contribution >= 4 is 11.6 Å². The molecule has 2 saturated heterocycles. The molecule has 1 saturated carbocycles. The van der Waals surface area contributed by atoms with Crippen LogP contribution >= 0.6 is 0 Å². The molecule has 1 atom stereocenters. The van der Waals surface area contributed by atoms with Crippen LogP contribution in [0, 0.1) is 0 Å². The number of carbonyl (C=O) groups is 1. The third-order valence-corrected chi connectivity index (χ3v) is 6.56. The molecule has 27 heavy (non-hydrogen) atoms. The van der Waals surface area contributed by atoms with E-state index in [2.05, 4.69) is 14.9 Å². The van der Waals surface area contributed by atoms with Gasteiger partial charge >= 0.3 is 0 Å². The molecule has 1 aromatic rings. The van der Waals surface area contributed by atoms with Gasteiger partial charge in [0, 0.05) is 52.5 Å². The van der Waals surface area contributed by atoms with Gasteiger partial charge in [0.15, 0.2) is 0 Å². The minimum absolute atomic E-state index is 0.0149. The van der Waals surface area contributed by atoms with Gasteiger partial charge in [-0.05, 0) is 25.7 Å². The number of aryl methyl sites for hydroxylation is 1. The molecular formula is C20H33N5O2. The van der Waals surface area contributed by atoms with Gasteiger partial charge in [-0.15, -0.1) is 0 Å². The summed E-state index contributed by atoms with van der Waals surface area (Å²) < 4.78 is 1.75. The summed E-state index contributed by atoms with van der Waals surface area (Å²) in [6, 6.07) is -0.0149. The molecule has 3 aliphatic rings. The summed E-state index contributed by atoms with van der Waals surface area (Å²) in [6.45, 7) is 5.29. The Morgan fingerprint density at radius 2 is 1.85 bits per heavy atom. The molecule has 1 aliphatic carbocycles. The lowest BCUT2D eigenvalue weighted by atomic mass is 9.84. The smallest absolute Gasteiger partial charge is 0.244 e. The number of aromatic nitrogens is 2. The van der Waals surface area contributed by atoms with Gasteiger partial charge in [0.25, 0.3) is 0 Å². The van der Waals surface area contributed by atoms with E-state index in [1.165, 1.54) is 6.42 Å². The molecule has 7 nitrogen and oxygen atoms in total. The van der Waals surface area contributed by atoms with E-state index < -0.39 is 5.60 Å². The monoisotopic (exact) mass is 375 g/mol. The Hall–Kier alpha value is -1.44. The van der Waals surface area contributed by atoms with Crippen LogP contribution in [-0.4, -0.2) is 81.5 Å². The lowest BCUT2D eigenvalue weighted by Gasteiger charge is -2.44. The maximum absolute atomic E-state index is 13.1. The summed E-state index contributed by atoms with van der Waals surface area (Å²) in [5, 5.41) is 15.0.